The van der Waals surface area contributed by atoms with Crippen LogP contribution in [-0.4, -0.2) is 11.1 Å². The Morgan fingerprint density at radius 3 is 1.74 bits per heavy atom. The summed E-state index contributed by atoms with van der Waals surface area (Å²) in [6.45, 7) is 0. The SMILES string of the molecule is O=CC(Br)Cc1cc(C(F)(F)F)cc(C(F)(F)F)c1. The van der Waals surface area contributed by atoms with Crippen LogP contribution in [0, 0.1) is 0 Å². The summed E-state index contributed by atoms with van der Waals surface area (Å²) in [7, 11) is 0. The summed E-state index contributed by atoms with van der Waals surface area (Å²) in [6, 6.07) is 1.26. The Labute approximate surface area is 112 Å². The van der Waals surface area contributed by atoms with E-state index in [4.69, 9.17) is 0 Å². The van der Waals surface area contributed by atoms with E-state index in [0.717, 1.165) is 0 Å². The molecule has 0 aromatic heterocycles. The molecule has 1 aromatic carbocycles. The van der Waals surface area contributed by atoms with Crippen LogP contribution in [0.2, 0.25) is 0 Å². The van der Waals surface area contributed by atoms with Gasteiger partial charge < -0.3 is 4.79 Å². The van der Waals surface area contributed by atoms with E-state index >= 15 is 0 Å². The van der Waals surface area contributed by atoms with Gasteiger partial charge in [0.2, 0.25) is 0 Å². The van der Waals surface area contributed by atoms with Crippen LogP contribution < -0.4 is 0 Å². The van der Waals surface area contributed by atoms with E-state index in [1.165, 1.54) is 0 Å². The molecule has 0 spiro atoms. The Morgan fingerprint density at radius 1 is 1.00 bits per heavy atom. The number of hydrogen-bond donors (Lipinski definition) is 0. The van der Waals surface area contributed by atoms with Gasteiger partial charge in [0.1, 0.15) is 6.29 Å². The minimum atomic E-state index is -4.88. The van der Waals surface area contributed by atoms with Crippen LogP contribution in [0.4, 0.5) is 26.3 Å². The average Bonchev–Trinajstić information content (AvgIpc) is 2.26. The molecule has 1 unspecified atom stereocenters. The first kappa shape index (κ1) is 16.0. The van der Waals surface area contributed by atoms with Gasteiger partial charge in [-0.15, -0.1) is 0 Å². The first-order valence-electron chi connectivity index (χ1n) is 4.91. The largest absolute Gasteiger partial charge is 0.416 e. The second-order valence-corrected chi connectivity index (χ2v) is 4.95. The lowest BCUT2D eigenvalue weighted by atomic mass is 10.0. The number of benzene rings is 1. The van der Waals surface area contributed by atoms with Crippen molar-refractivity contribution in [3.63, 3.8) is 0 Å². The number of alkyl halides is 7. The number of halogens is 7. The van der Waals surface area contributed by atoms with Gasteiger partial charge in [-0.05, 0) is 30.2 Å². The highest BCUT2D eigenvalue weighted by Crippen LogP contribution is 2.36. The van der Waals surface area contributed by atoms with Crippen molar-refractivity contribution < 1.29 is 31.1 Å². The van der Waals surface area contributed by atoms with Gasteiger partial charge in [-0.3, -0.25) is 0 Å². The Kier molecular flexibility index (Phi) is 4.65. The Morgan fingerprint density at radius 2 is 1.42 bits per heavy atom. The molecule has 1 nitrogen and oxygen atoms in total. The molecule has 0 N–H and O–H groups in total. The van der Waals surface area contributed by atoms with E-state index in [9.17, 15) is 31.1 Å². The van der Waals surface area contributed by atoms with Gasteiger partial charge in [-0.1, -0.05) is 15.9 Å². The molecular weight excluding hydrogens is 342 g/mol. The van der Waals surface area contributed by atoms with E-state index in [-0.39, 0.29) is 18.1 Å². The lowest BCUT2D eigenvalue weighted by Crippen LogP contribution is -2.13. The Bertz CT molecular complexity index is 433. The van der Waals surface area contributed by atoms with Crippen LogP contribution in [0.3, 0.4) is 0 Å². The fourth-order valence-electron chi connectivity index (χ4n) is 1.41. The van der Waals surface area contributed by atoms with Crippen LogP contribution >= 0.6 is 15.9 Å². The number of carbonyl (C=O) groups is 1. The fourth-order valence-corrected chi connectivity index (χ4v) is 1.78. The van der Waals surface area contributed by atoms with Crippen molar-refractivity contribution in [2.45, 2.75) is 23.6 Å². The maximum Gasteiger partial charge on any atom is 0.416 e. The smallest absolute Gasteiger partial charge is 0.302 e. The van der Waals surface area contributed by atoms with Crippen LogP contribution in [-0.2, 0) is 23.6 Å². The van der Waals surface area contributed by atoms with Crippen LogP contribution in [0.25, 0.3) is 0 Å². The zero-order valence-corrected chi connectivity index (χ0v) is 10.7. The third kappa shape index (κ3) is 4.52. The highest BCUT2D eigenvalue weighted by atomic mass is 79.9. The average molecular weight is 349 g/mol. The van der Waals surface area contributed by atoms with Gasteiger partial charge in [0.25, 0.3) is 0 Å². The van der Waals surface area contributed by atoms with E-state index in [0.29, 0.717) is 18.4 Å². The van der Waals surface area contributed by atoms with Crippen molar-refractivity contribution in [3.05, 3.63) is 34.9 Å². The zero-order chi connectivity index (χ0) is 14.8. The maximum absolute atomic E-state index is 12.5. The molecule has 0 amide bonds. The third-order valence-corrected chi connectivity index (χ3v) is 2.77. The van der Waals surface area contributed by atoms with E-state index in [1.807, 2.05) is 0 Å². The molecule has 0 bridgehead atoms. The van der Waals surface area contributed by atoms with Gasteiger partial charge >= 0.3 is 12.4 Å². The molecular formula is C11H7BrF6O. The summed E-state index contributed by atoms with van der Waals surface area (Å²) in [5, 5.41) is 0. The monoisotopic (exact) mass is 348 g/mol. The minimum Gasteiger partial charge on any atom is -0.302 e. The molecule has 1 aromatic rings. The van der Waals surface area contributed by atoms with Crippen molar-refractivity contribution in [1.82, 2.24) is 0 Å². The summed E-state index contributed by atoms with van der Waals surface area (Å²) < 4.78 is 75.0. The summed E-state index contributed by atoms with van der Waals surface area (Å²) in [4.78, 5) is 9.55. The van der Waals surface area contributed by atoms with Crippen LogP contribution in [0.5, 0.6) is 0 Å². The van der Waals surface area contributed by atoms with Gasteiger partial charge in [-0.25, -0.2) is 0 Å². The molecule has 19 heavy (non-hydrogen) atoms. The summed E-state index contributed by atoms with van der Waals surface area (Å²) in [5.41, 5.74) is -2.98. The maximum atomic E-state index is 12.5. The molecule has 0 heterocycles. The van der Waals surface area contributed by atoms with E-state index in [1.54, 1.807) is 0 Å². The number of hydrogen-bond acceptors (Lipinski definition) is 1. The van der Waals surface area contributed by atoms with E-state index in [2.05, 4.69) is 15.9 Å². The lowest BCUT2D eigenvalue weighted by Gasteiger charge is -2.14. The first-order valence-corrected chi connectivity index (χ1v) is 5.83. The standard InChI is InChI=1S/C11H7BrF6O/c12-9(5-19)3-6-1-7(10(13,14)15)4-8(2-6)11(16,17)18/h1-2,4-5,9H,3H2. The first-order chi connectivity index (χ1) is 8.54. The molecule has 106 valence electrons. The summed E-state index contributed by atoms with van der Waals surface area (Å²) in [6.07, 6.45) is -9.61. The second-order valence-electron chi connectivity index (χ2n) is 3.77. The molecule has 1 rings (SSSR count). The number of rotatable bonds is 3. The number of carbonyl (C=O) groups excluding carboxylic acids is 1. The van der Waals surface area contributed by atoms with Gasteiger partial charge in [0.05, 0.1) is 16.0 Å². The molecule has 0 aliphatic rings. The molecule has 0 aliphatic heterocycles. The predicted molar refractivity (Wildman–Crippen MR) is 58.9 cm³/mol. The zero-order valence-electron chi connectivity index (χ0n) is 9.15. The lowest BCUT2D eigenvalue weighted by molar-refractivity contribution is -0.143. The molecule has 0 saturated carbocycles. The van der Waals surface area contributed by atoms with Crippen molar-refractivity contribution in [2.24, 2.45) is 0 Å². The van der Waals surface area contributed by atoms with Crippen LogP contribution in [0.15, 0.2) is 18.2 Å². The van der Waals surface area contributed by atoms with Crippen molar-refractivity contribution in [3.8, 4) is 0 Å². The normalized spacial score (nSPS) is 14.3. The topological polar surface area (TPSA) is 17.1 Å². The summed E-state index contributed by atoms with van der Waals surface area (Å²) >= 11 is 2.83. The molecule has 0 fully saturated rings. The van der Waals surface area contributed by atoms with Gasteiger partial charge in [0, 0.05) is 0 Å². The highest BCUT2D eigenvalue weighted by Gasteiger charge is 2.36. The molecule has 8 heteroatoms. The third-order valence-electron chi connectivity index (χ3n) is 2.23. The summed E-state index contributed by atoms with van der Waals surface area (Å²) in [5.74, 6) is 0. The fraction of sp³-hybridized carbons (Fsp3) is 0.364. The van der Waals surface area contributed by atoms with Crippen molar-refractivity contribution >= 4 is 22.2 Å². The van der Waals surface area contributed by atoms with Crippen LogP contribution in [0.1, 0.15) is 16.7 Å². The molecule has 0 radical (unpaired) electrons. The van der Waals surface area contributed by atoms with E-state index < -0.39 is 28.3 Å². The number of aldehydes is 1. The minimum absolute atomic E-state index is 0.0493. The predicted octanol–water partition coefficient (Wildman–Crippen LogP) is 4.23. The van der Waals surface area contributed by atoms with Crippen molar-refractivity contribution in [2.75, 3.05) is 0 Å². The molecule has 1 atom stereocenters. The van der Waals surface area contributed by atoms with Gasteiger partial charge in [0.15, 0.2) is 0 Å². The van der Waals surface area contributed by atoms with Gasteiger partial charge in [-0.2, -0.15) is 26.3 Å². The molecule has 0 aliphatic carbocycles. The Balaban J connectivity index is 3.28. The molecule has 0 saturated heterocycles. The Hall–Kier alpha value is -1.05. The van der Waals surface area contributed by atoms with Crippen molar-refractivity contribution in [1.29, 1.82) is 0 Å². The quantitative estimate of drug-likeness (QED) is 0.454. The second kappa shape index (κ2) is 5.52. The highest BCUT2D eigenvalue weighted by molar-refractivity contribution is 9.09.